The predicted molar refractivity (Wildman–Crippen MR) is 389 cm³/mol. The summed E-state index contributed by atoms with van der Waals surface area (Å²) in [6.07, 6.45) is 99.9. The number of rotatable bonds is 77. The third-order valence-electron chi connectivity index (χ3n) is 19.3. The Morgan fingerprint density at radius 1 is 0.318 bits per heavy atom. The van der Waals surface area contributed by atoms with Crippen LogP contribution in [0.2, 0.25) is 0 Å². The number of aliphatic hydroxyl groups is 2. The van der Waals surface area contributed by atoms with Crippen molar-refractivity contribution in [3.05, 3.63) is 24.3 Å². The fourth-order valence-corrected chi connectivity index (χ4v) is 13.1. The van der Waals surface area contributed by atoms with Crippen LogP contribution in [0.25, 0.3) is 0 Å². The number of nitrogens with one attached hydrogen (secondary N) is 1. The number of hydrogen-bond acceptors (Lipinski definition) is 5. The molecule has 0 rings (SSSR count). The lowest BCUT2D eigenvalue weighted by molar-refractivity contribution is -0.143. The molecular weight excluding hydrogens is 1080 g/mol. The van der Waals surface area contributed by atoms with Crippen molar-refractivity contribution in [3.63, 3.8) is 0 Å². The van der Waals surface area contributed by atoms with Crippen LogP contribution in [0.1, 0.15) is 463 Å². The largest absolute Gasteiger partial charge is 0.466 e. The Morgan fingerprint density at radius 2 is 0.568 bits per heavy atom. The highest BCUT2D eigenvalue weighted by molar-refractivity contribution is 5.76. The zero-order valence-electron chi connectivity index (χ0n) is 60.0. The molecule has 2 unspecified atom stereocenters. The summed E-state index contributed by atoms with van der Waals surface area (Å²) in [5, 5.41) is 23.5. The first-order valence-corrected chi connectivity index (χ1v) is 40.6. The summed E-state index contributed by atoms with van der Waals surface area (Å²) < 4.78 is 5.51. The van der Waals surface area contributed by atoms with Crippen molar-refractivity contribution >= 4 is 11.9 Å². The quantitative estimate of drug-likeness (QED) is 0.0320. The number of esters is 1. The van der Waals surface area contributed by atoms with E-state index in [0.29, 0.717) is 25.9 Å². The van der Waals surface area contributed by atoms with E-state index in [4.69, 9.17) is 4.74 Å². The van der Waals surface area contributed by atoms with Gasteiger partial charge in [0.1, 0.15) is 0 Å². The van der Waals surface area contributed by atoms with Gasteiger partial charge in [0.2, 0.25) is 5.91 Å². The Kier molecular flexibility index (Phi) is 76.3. The molecule has 88 heavy (non-hydrogen) atoms. The minimum Gasteiger partial charge on any atom is -0.466 e. The normalized spacial score (nSPS) is 12.5. The molecule has 0 aliphatic heterocycles. The average Bonchev–Trinajstić information content (AvgIpc) is 3.58. The third-order valence-corrected chi connectivity index (χ3v) is 19.3. The second-order valence-corrected chi connectivity index (χ2v) is 28.1. The third kappa shape index (κ3) is 73.4. The van der Waals surface area contributed by atoms with Crippen LogP contribution in [0.5, 0.6) is 0 Å². The van der Waals surface area contributed by atoms with Gasteiger partial charge >= 0.3 is 5.97 Å². The van der Waals surface area contributed by atoms with E-state index in [2.05, 4.69) is 43.5 Å². The van der Waals surface area contributed by atoms with E-state index in [1.54, 1.807) is 0 Å². The van der Waals surface area contributed by atoms with E-state index in [1.165, 1.54) is 379 Å². The zero-order chi connectivity index (χ0) is 63.5. The molecule has 0 saturated heterocycles. The summed E-state index contributed by atoms with van der Waals surface area (Å²) >= 11 is 0. The fraction of sp³-hybridized carbons (Fsp3) is 0.927. The monoisotopic (exact) mass is 1240 g/mol. The van der Waals surface area contributed by atoms with E-state index in [1.807, 2.05) is 0 Å². The summed E-state index contributed by atoms with van der Waals surface area (Å²) in [4.78, 5) is 24.7. The number of hydrogen-bond donors (Lipinski definition) is 3. The number of allylic oxidation sites excluding steroid dienone is 4. The molecule has 0 aromatic heterocycles. The first-order chi connectivity index (χ1) is 43.5. The summed E-state index contributed by atoms with van der Waals surface area (Å²) in [7, 11) is 0. The molecule has 3 N–H and O–H groups in total. The molecule has 0 heterocycles. The second kappa shape index (κ2) is 77.8. The Hall–Kier alpha value is -1.66. The van der Waals surface area contributed by atoms with Crippen LogP contribution in [-0.4, -0.2) is 47.4 Å². The number of ether oxygens (including phenoxy) is 1. The van der Waals surface area contributed by atoms with Gasteiger partial charge in [0.15, 0.2) is 0 Å². The van der Waals surface area contributed by atoms with Crippen LogP contribution in [0.4, 0.5) is 0 Å². The van der Waals surface area contributed by atoms with Gasteiger partial charge < -0.3 is 20.3 Å². The molecule has 522 valence electrons. The lowest BCUT2D eigenvalue weighted by Gasteiger charge is -2.22. The SMILES string of the molecule is CCCCC/C=C\C/C=C\CCCCCCCCCC(=O)OCCCCCCCCCCCCCCCCCCCCCCCCCCCCCCCC(=O)NC(CO)C(O)CCCCCCCCCCCCCCCCCCCCCCCCCCC. The zero-order valence-corrected chi connectivity index (χ0v) is 60.0. The van der Waals surface area contributed by atoms with Crippen LogP contribution in [0.15, 0.2) is 24.3 Å². The molecular formula is C82H159NO5. The molecule has 0 aromatic carbocycles. The maximum absolute atomic E-state index is 12.6. The summed E-state index contributed by atoms with van der Waals surface area (Å²) in [6, 6.07) is -0.540. The minimum atomic E-state index is -0.663. The molecule has 0 aliphatic rings. The smallest absolute Gasteiger partial charge is 0.305 e. The van der Waals surface area contributed by atoms with Gasteiger partial charge in [0.25, 0.3) is 0 Å². The van der Waals surface area contributed by atoms with E-state index in [9.17, 15) is 19.8 Å². The Bertz CT molecular complexity index is 1380. The van der Waals surface area contributed by atoms with Gasteiger partial charge in [-0.3, -0.25) is 9.59 Å². The maximum Gasteiger partial charge on any atom is 0.305 e. The molecule has 0 spiro atoms. The molecule has 0 aliphatic carbocycles. The maximum atomic E-state index is 12.6. The van der Waals surface area contributed by atoms with Gasteiger partial charge in [-0.15, -0.1) is 0 Å². The van der Waals surface area contributed by atoms with Gasteiger partial charge in [-0.2, -0.15) is 0 Å². The van der Waals surface area contributed by atoms with E-state index < -0.39 is 12.1 Å². The fourth-order valence-electron chi connectivity index (χ4n) is 13.1. The topological polar surface area (TPSA) is 95.9 Å². The Balaban J connectivity index is 3.34. The molecule has 6 nitrogen and oxygen atoms in total. The molecule has 0 saturated carbocycles. The van der Waals surface area contributed by atoms with Gasteiger partial charge in [-0.25, -0.2) is 0 Å². The van der Waals surface area contributed by atoms with Crippen LogP contribution >= 0.6 is 0 Å². The van der Waals surface area contributed by atoms with Gasteiger partial charge in [0, 0.05) is 12.8 Å². The molecule has 1 amide bonds. The summed E-state index contributed by atoms with van der Waals surface area (Å²) in [5.74, 6) is -0.0125. The van der Waals surface area contributed by atoms with Crippen molar-refractivity contribution in [1.82, 2.24) is 5.32 Å². The highest BCUT2D eigenvalue weighted by Crippen LogP contribution is 2.20. The first-order valence-electron chi connectivity index (χ1n) is 40.6. The van der Waals surface area contributed by atoms with Crippen molar-refractivity contribution in [2.45, 2.75) is 475 Å². The molecule has 0 aromatic rings. The van der Waals surface area contributed by atoms with E-state index in [0.717, 1.165) is 51.4 Å². The van der Waals surface area contributed by atoms with E-state index >= 15 is 0 Å². The molecule has 0 radical (unpaired) electrons. The number of unbranched alkanes of at least 4 members (excludes halogenated alkanes) is 62. The first kappa shape index (κ1) is 86.3. The van der Waals surface area contributed by atoms with Gasteiger partial charge in [0.05, 0.1) is 25.4 Å². The number of carbonyl (C=O) groups is 2. The predicted octanol–water partition coefficient (Wildman–Crippen LogP) is 26.8. The van der Waals surface area contributed by atoms with Crippen molar-refractivity contribution in [2.75, 3.05) is 13.2 Å². The highest BCUT2D eigenvalue weighted by Gasteiger charge is 2.20. The van der Waals surface area contributed by atoms with Crippen LogP contribution in [0, 0.1) is 0 Å². The van der Waals surface area contributed by atoms with Crippen LogP contribution in [-0.2, 0) is 14.3 Å². The summed E-state index contributed by atoms with van der Waals surface area (Å²) in [6.45, 7) is 4.98. The van der Waals surface area contributed by atoms with Gasteiger partial charge in [-0.05, 0) is 57.8 Å². The highest BCUT2D eigenvalue weighted by atomic mass is 16.5. The summed E-state index contributed by atoms with van der Waals surface area (Å²) in [5.41, 5.74) is 0. The second-order valence-electron chi connectivity index (χ2n) is 28.1. The molecule has 6 heteroatoms. The van der Waals surface area contributed by atoms with Crippen molar-refractivity contribution < 1.29 is 24.5 Å². The Labute approximate surface area is 551 Å². The van der Waals surface area contributed by atoms with Crippen LogP contribution < -0.4 is 5.32 Å². The van der Waals surface area contributed by atoms with Gasteiger partial charge in [-0.1, -0.05) is 417 Å². The number of amides is 1. The average molecular weight is 1240 g/mol. The lowest BCUT2D eigenvalue weighted by Crippen LogP contribution is -2.45. The lowest BCUT2D eigenvalue weighted by atomic mass is 10.0. The standard InChI is InChI=1S/C82H159NO5/c1-3-5-7-9-11-13-15-17-19-21-22-23-24-30-33-36-39-43-46-50-54-58-62-66-70-74-80(85)79(78-84)83-81(86)75-71-67-63-59-55-51-47-44-40-37-34-31-28-26-25-27-29-32-35-38-41-45-49-53-57-61-65-69-73-77-88-82(87)76-72-68-64-60-56-52-48-42-20-18-16-14-12-10-8-6-4-2/h12,14,18,20,79-80,84-85H,3-11,13,15-17,19,21-78H2,1-2H3,(H,83,86)/b14-12-,20-18-. The number of carbonyl (C=O) groups excluding carboxylic acids is 2. The van der Waals surface area contributed by atoms with Crippen molar-refractivity contribution in [3.8, 4) is 0 Å². The minimum absolute atomic E-state index is 0.0129. The number of aliphatic hydroxyl groups excluding tert-OH is 2. The Morgan fingerprint density at radius 3 is 0.886 bits per heavy atom. The molecule has 0 bridgehead atoms. The molecule has 0 fully saturated rings. The van der Waals surface area contributed by atoms with Crippen molar-refractivity contribution in [2.24, 2.45) is 0 Å². The van der Waals surface area contributed by atoms with Crippen molar-refractivity contribution in [1.29, 1.82) is 0 Å². The van der Waals surface area contributed by atoms with Crippen LogP contribution in [0.3, 0.4) is 0 Å². The van der Waals surface area contributed by atoms with E-state index in [-0.39, 0.29) is 18.5 Å². The molecule has 2 atom stereocenters.